The van der Waals surface area contributed by atoms with E-state index in [0.29, 0.717) is 12.1 Å². The van der Waals surface area contributed by atoms with Gasteiger partial charge in [-0.1, -0.05) is 36.4 Å². The van der Waals surface area contributed by atoms with E-state index in [-0.39, 0.29) is 5.54 Å². The molecule has 0 unspecified atom stereocenters. The SMILES string of the molecule is CC1(C)CC=C(C(=O)O)CN1Cc1ccccc1. The van der Waals surface area contributed by atoms with Crippen LogP contribution in [0.25, 0.3) is 0 Å². The minimum Gasteiger partial charge on any atom is -0.478 e. The molecule has 0 amide bonds. The van der Waals surface area contributed by atoms with Gasteiger partial charge in [-0.3, -0.25) is 4.90 Å². The molecular formula is C15H19NO2. The Labute approximate surface area is 108 Å². The summed E-state index contributed by atoms with van der Waals surface area (Å²) in [4.78, 5) is 13.3. The zero-order valence-corrected chi connectivity index (χ0v) is 10.9. The number of aliphatic carboxylic acids is 1. The van der Waals surface area contributed by atoms with Crippen molar-refractivity contribution >= 4 is 5.97 Å². The number of nitrogens with zero attached hydrogens (tertiary/aromatic N) is 1. The van der Waals surface area contributed by atoms with Gasteiger partial charge in [-0.05, 0) is 25.8 Å². The van der Waals surface area contributed by atoms with Crippen molar-refractivity contribution in [2.75, 3.05) is 6.54 Å². The number of hydrogen-bond donors (Lipinski definition) is 1. The molecule has 3 heteroatoms. The highest BCUT2D eigenvalue weighted by Gasteiger charge is 2.31. The highest BCUT2D eigenvalue weighted by atomic mass is 16.4. The van der Waals surface area contributed by atoms with Crippen LogP contribution in [0.3, 0.4) is 0 Å². The number of rotatable bonds is 3. The van der Waals surface area contributed by atoms with Crippen LogP contribution < -0.4 is 0 Å². The first-order valence-corrected chi connectivity index (χ1v) is 6.20. The first-order valence-electron chi connectivity index (χ1n) is 6.20. The van der Waals surface area contributed by atoms with E-state index in [9.17, 15) is 4.79 Å². The fraction of sp³-hybridized carbons (Fsp3) is 0.400. The molecule has 1 heterocycles. The van der Waals surface area contributed by atoms with E-state index < -0.39 is 5.97 Å². The summed E-state index contributed by atoms with van der Waals surface area (Å²) in [5, 5.41) is 9.10. The van der Waals surface area contributed by atoms with Crippen molar-refractivity contribution in [1.29, 1.82) is 0 Å². The molecule has 1 aromatic carbocycles. The molecule has 0 saturated heterocycles. The summed E-state index contributed by atoms with van der Waals surface area (Å²) in [6.45, 7) is 5.62. The molecule has 96 valence electrons. The van der Waals surface area contributed by atoms with Crippen LogP contribution in [-0.4, -0.2) is 28.1 Å². The van der Waals surface area contributed by atoms with Gasteiger partial charge in [-0.2, -0.15) is 0 Å². The molecule has 0 fully saturated rings. The molecule has 0 saturated carbocycles. The Morgan fingerprint density at radius 3 is 2.61 bits per heavy atom. The Morgan fingerprint density at radius 1 is 1.33 bits per heavy atom. The Kier molecular flexibility index (Phi) is 3.53. The monoisotopic (exact) mass is 245 g/mol. The van der Waals surface area contributed by atoms with E-state index in [2.05, 4.69) is 30.9 Å². The molecule has 0 aliphatic carbocycles. The predicted molar refractivity (Wildman–Crippen MR) is 71.3 cm³/mol. The van der Waals surface area contributed by atoms with E-state index in [4.69, 9.17) is 5.11 Å². The zero-order valence-electron chi connectivity index (χ0n) is 10.9. The maximum atomic E-state index is 11.1. The Hall–Kier alpha value is -1.61. The molecule has 0 atom stereocenters. The van der Waals surface area contributed by atoms with Gasteiger partial charge in [0.05, 0.1) is 0 Å². The molecule has 3 nitrogen and oxygen atoms in total. The highest BCUT2D eigenvalue weighted by Crippen LogP contribution is 2.28. The Bertz CT molecular complexity index is 463. The lowest BCUT2D eigenvalue weighted by Crippen LogP contribution is -2.47. The first kappa shape index (κ1) is 12.8. The molecule has 0 radical (unpaired) electrons. The van der Waals surface area contributed by atoms with Crippen molar-refractivity contribution in [2.45, 2.75) is 32.4 Å². The van der Waals surface area contributed by atoms with Gasteiger partial charge in [0.1, 0.15) is 0 Å². The van der Waals surface area contributed by atoms with Crippen LogP contribution in [-0.2, 0) is 11.3 Å². The summed E-state index contributed by atoms with van der Waals surface area (Å²) in [7, 11) is 0. The van der Waals surface area contributed by atoms with Crippen LogP contribution in [0.4, 0.5) is 0 Å². The summed E-state index contributed by atoms with van der Waals surface area (Å²) >= 11 is 0. The minimum atomic E-state index is -0.802. The van der Waals surface area contributed by atoms with Gasteiger partial charge < -0.3 is 5.11 Å². The largest absolute Gasteiger partial charge is 0.478 e. The van der Waals surface area contributed by atoms with Gasteiger partial charge in [0.2, 0.25) is 0 Å². The Morgan fingerprint density at radius 2 is 2.00 bits per heavy atom. The molecule has 0 bridgehead atoms. The third kappa shape index (κ3) is 2.79. The quantitative estimate of drug-likeness (QED) is 0.890. The van der Waals surface area contributed by atoms with Gasteiger partial charge in [-0.15, -0.1) is 0 Å². The van der Waals surface area contributed by atoms with Crippen LogP contribution in [0.1, 0.15) is 25.8 Å². The lowest BCUT2D eigenvalue weighted by atomic mass is 9.91. The second kappa shape index (κ2) is 4.94. The van der Waals surface area contributed by atoms with Crippen LogP contribution in [0.2, 0.25) is 0 Å². The second-order valence-electron chi connectivity index (χ2n) is 5.39. The van der Waals surface area contributed by atoms with Crippen molar-refractivity contribution in [1.82, 2.24) is 4.90 Å². The molecule has 1 aliphatic heterocycles. The third-order valence-corrected chi connectivity index (χ3v) is 3.56. The van der Waals surface area contributed by atoms with E-state index in [1.54, 1.807) is 0 Å². The lowest BCUT2D eigenvalue weighted by molar-refractivity contribution is -0.133. The lowest BCUT2D eigenvalue weighted by Gasteiger charge is -2.41. The highest BCUT2D eigenvalue weighted by molar-refractivity contribution is 5.87. The number of carboxylic acids is 1. The average molecular weight is 245 g/mol. The van der Waals surface area contributed by atoms with E-state index >= 15 is 0 Å². The average Bonchev–Trinajstić information content (AvgIpc) is 2.33. The van der Waals surface area contributed by atoms with Crippen molar-refractivity contribution in [3.63, 3.8) is 0 Å². The van der Waals surface area contributed by atoms with E-state index in [1.807, 2.05) is 24.3 Å². The number of hydrogen-bond acceptors (Lipinski definition) is 2. The third-order valence-electron chi connectivity index (χ3n) is 3.56. The molecular weight excluding hydrogens is 226 g/mol. The summed E-state index contributed by atoms with van der Waals surface area (Å²) in [5.41, 5.74) is 1.73. The summed E-state index contributed by atoms with van der Waals surface area (Å²) < 4.78 is 0. The zero-order chi connectivity index (χ0) is 13.2. The number of carbonyl (C=O) groups is 1. The van der Waals surface area contributed by atoms with Gasteiger partial charge in [0.25, 0.3) is 0 Å². The fourth-order valence-corrected chi connectivity index (χ4v) is 2.21. The van der Waals surface area contributed by atoms with E-state index in [1.165, 1.54) is 5.56 Å². The summed E-state index contributed by atoms with van der Waals surface area (Å²) in [6, 6.07) is 10.2. The van der Waals surface area contributed by atoms with Crippen LogP contribution in [0.15, 0.2) is 42.0 Å². The normalized spacial score (nSPS) is 19.3. The molecule has 0 spiro atoms. The standard InChI is InChI=1S/C15H19NO2/c1-15(2)9-8-13(14(17)18)11-16(15)10-12-6-4-3-5-7-12/h3-8H,9-11H2,1-2H3,(H,17,18). The number of benzene rings is 1. The molecule has 0 aromatic heterocycles. The van der Waals surface area contributed by atoms with Crippen molar-refractivity contribution in [3.8, 4) is 0 Å². The van der Waals surface area contributed by atoms with Gasteiger partial charge in [0, 0.05) is 24.2 Å². The predicted octanol–water partition coefficient (Wildman–Crippen LogP) is 2.68. The van der Waals surface area contributed by atoms with Crippen LogP contribution >= 0.6 is 0 Å². The minimum absolute atomic E-state index is 0.00872. The molecule has 1 N–H and O–H groups in total. The maximum Gasteiger partial charge on any atom is 0.332 e. The molecule has 1 aliphatic rings. The van der Waals surface area contributed by atoms with Crippen molar-refractivity contribution in [2.24, 2.45) is 0 Å². The summed E-state index contributed by atoms with van der Waals surface area (Å²) in [6.07, 6.45) is 2.63. The smallest absolute Gasteiger partial charge is 0.332 e. The van der Waals surface area contributed by atoms with E-state index in [0.717, 1.165) is 13.0 Å². The first-order chi connectivity index (χ1) is 8.49. The van der Waals surface area contributed by atoms with Gasteiger partial charge in [-0.25, -0.2) is 4.79 Å². The summed E-state index contributed by atoms with van der Waals surface area (Å²) in [5.74, 6) is -0.802. The second-order valence-corrected chi connectivity index (χ2v) is 5.39. The maximum absolute atomic E-state index is 11.1. The molecule has 18 heavy (non-hydrogen) atoms. The number of carboxylic acid groups (broad SMARTS) is 1. The van der Waals surface area contributed by atoms with Gasteiger partial charge >= 0.3 is 5.97 Å². The van der Waals surface area contributed by atoms with Crippen LogP contribution in [0, 0.1) is 0 Å². The fourth-order valence-electron chi connectivity index (χ4n) is 2.21. The van der Waals surface area contributed by atoms with Crippen molar-refractivity contribution < 1.29 is 9.90 Å². The molecule has 1 aromatic rings. The van der Waals surface area contributed by atoms with Crippen LogP contribution in [0.5, 0.6) is 0 Å². The van der Waals surface area contributed by atoms with Crippen molar-refractivity contribution in [3.05, 3.63) is 47.5 Å². The topological polar surface area (TPSA) is 40.5 Å². The van der Waals surface area contributed by atoms with Gasteiger partial charge in [0.15, 0.2) is 0 Å². The molecule has 2 rings (SSSR count). The Balaban J connectivity index is 2.16.